The Kier molecular flexibility index (Phi) is 6.64. The number of benzene rings is 2. The smallest absolute Gasteiger partial charge is 0.416 e. The number of rotatable bonds is 7. The molecule has 134 valence electrons. The molecule has 5 nitrogen and oxygen atoms in total. The molecule has 0 unspecified atom stereocenters. The quantitative estimate of drug-likeness (QED) is 0.591. The summed E-state index contributed by atoms with van der Waals surface area (Å²) in [6.45, 7) is 0.346. The van der Waals surface area contributed by atoms with Gasteiger partial charge in [0.15, 0.2) is 0 Å². The van der Waals surface area contributed by atoms with Crippen molar-refractivity contribution >= 4 is 6.03 Å². The van der Waals surface area contributed by atoms with Crippen molar-refractivity contribution in [1.82, 2.24) is 10.8 Å². The van der Waals surface area contributed by atoms with Crippen LogP contribution in [0.3, 0.4) is 0 Å². The molecule has 0 radical (unpaired) electrons. The highest BCUT2D eigenvalue weighted by Crippen LogP contribution is 2.31. The molecule has 2 N–H and O–H groups in total. The van der Waals surface area contributed by atoms with Gasteiger partial charge in [0, 0.05) is 0 Å². The molecule has 0 aromatic heterocycles. The maximum absolute atomic E-state index is 12.6. The van der Waals surface area contributed by atoms with Crippen LogP contribution in [-0.4, -0.2) is 19.2 Å². The lowest BCUT2D eigenvalue weighted by Crippen LogP contribution is -2.37. The molecular formula is C17H17F3N2O3. The molecule has 0 aliphatic carbocycles. The van der Waals surface area contributed by atoms with E-state index in [-0.39, 0.29) is 25.5 Å². The van der Waals surface area contributed by atoms with Crippen LogP contribution >= 0.6 is 0 Å². The number of carbonyl (C=O) groups is 1. The number of alkyl halides is 3. The molecule has 0 saturated heterocycles. The normalized spacial score (nSPS) is 11.0. The van der Waals surface area contributed by atoms with Crippen LogP contribution in [-0.2, 0) is 17.6 Å². The molecule has 2 aromatic rings. The summed E-state index contributed by atoms with van der Waals surface area (Å²) in [5, 5.41) is 2.46. The zero-order valence-electron chi connectivity index (χ0n) is 13.2. The molecule has 0 saturated carbocycles. The summed E-state index contributed by atoms with van der Waals surface area (Å²) in [5.41, 5.74) is 2.32. The van der Waals surface area contributed by atoms with E-state index in [2.05, 4.69) is 10.8 Å². The Morgan fingerprint density at radius 1 is 1.04 bits per heavy atom. The number of hydrogen-bond donors (Lipinski definition) is 2. The van der Waals surface area contributed by atoms with Crippen LogP contribution < -0.4 is 15.5 Å². The van der Waals surface area contributed by atoms with E-state index in [9.17, 15) is 18.0 Å². The Hall–Kier alpha value is -2.74. The topological polar surface area (TPSA) is 59.6 Å². The molecule has 0 fully saturated rings. The minimum atomic E-state index is -4.42. The van der Waals surface area contributed by atoms with Gasteiger partial charge in [-0.05, 0) is 23.8 Å². The molecule has 0 aliphatic heterocycles. The maximum atomic E-state index is 12.6. The first-order valence-corrected chi connectivity index (χ1v) is 7.45. The maximum Gasteiger partial charge on any atom is 0.416 e. The van der Waals surface area contributed by atoms with Crippen LogP contribution in [0.1, 0.15) is 11.1 Å². The van der Waals surface area contributed by atoms with Gasteiger partial charge >= 0.3 is 12.2 Å². The van der Waals surface area contributed by atoms with E-state index in [4.69, 9.17) is 9.57 Å². The van der Waals surface area contributed by atoms with Crippen LogP contribution in [0.4, 0.5) is 18.0 Å². The number of hydrogen-bond acceptors (Lipinski definition) is 3. The molecule has 0 bridgehead atoms. The van der Waals surface area contributed by atoms with E-state index in [0.717, 1.165) is 17.7 Å². The lowest BCUT2D eigenvalue weighted by molar-refractivity contribution is -0.137. The van der Waals surface area contributed by atoms with Crippen molar-refractivity contribution in [2.75, 3.05) is 13.2 Å². The number of halogens is 3. The standard InChI is InChI=1S/C17H17F3N2O3/c18-17(19,20)14-7-4-8-15(11-14)24-10-9-21-16(23)22-25-12-13-5-2-1-3-6-13/h1-8,11H,9-10,12H2,(H2,21,22,23). The fourth-order valence-corrected chi connectivity index (χ4v) is 1.89. The third-order valence-electron chi connectivity index (χ3n) is 3.06. The minimum absolute atomic E-state index is 0.0212. The van der Waals surface area contributed by atoms with Gasteiger partial charge in [0.05, 0.1) is 18.7 Å². The first-order valence-electron chi connectivity index (χ1n) is 7.45. The van der Waals surface area contributed by atoms with E-state index in [1.165, 1.54) is 12.1 Å². The first-order chi connectivity index (χ1) is 11.9. The third-order valence-corrected chi connectivity index (χ3v) is 3.06. The predicted molar refractivity (Wildman–Crippen MR) is 84.7 cm³/mol. The Balaban J connectivity index is 1.63. The van der Waals surface area contributed by atoms with Gasteiger partial charge in [-0.15, -0.1) is 0 Å². The van der Waals surface area contributed by atoms with Crippen molar-refractivity contribution < 1.29 is 27.5 Å². The van der Waals surface area contributed by atoms with Gasteiger partial charge in [-0.2, -0.15) is 13.2 Å². The van der Waals surface area contributed by atoms with Gasteiger partial charge < -0.3 is 10.1 Å². The van der Waals surface area contributed by atoms with Crippen molar-refractivity contribution in [2.45, 2.75) is 12.8 Å². The summed E-state index contributed by atoms with van der Waals surface area (Å²) < 4.78 is 42.9. The van der Waals surface area contributed by atoms with Crippen LogP contribution in [0.5, 0.6) is 5.75 Å². The van der Waals surface area contributed by atoms with Crippen molar-refractivity contribution in [3.05, 3.63) is 65.7 Å². The van der Waals surface area contributed by atoms with Crippen molar-refractivity contribution in [3.8, 4) is 5.75 Å². The molecule has 2 rings (SSSR count). The van der Waals surface area contributed by atoms with E-state index in [0.29, 0.717) is 0 Å². The van der Waals surface area contributed by atoms with Crippen LogP contribution in [0.25, 0.3) is 0 Å². The van der Waals surface area contributed by atoms with Gasteiger partial charge in [0.2, 0.25) is 0 Å². The number of ether oxygens (including phenoxy) is 1. The van der Waals surface area contributed by atoms with Crippen molar-refractivity contribution in [2.24, 2.45) is 0 Å². The van der Waals surface area contributed by atoms with E-state index < -0.39 is 17.8 Å². The van der Waals surface area contributed by atoms with Crippen molar-refractivity contribution in [3.63, 3.8) is 0 Å². The van der Waals surface area contributed by atoms with Crippen LogP contribution in [0.15, 0.2) is 54.6 Å². The highest BCUT2D eigenvalue weighted by Gasteiger charge is 2.30. The third kappa shape index (κ3) is 6.72. The number of carbonyl (C=O) groups excluding carboxylic acids is 1. The SMILES string of the molecule is O=C(NCCOc1cccc(C(F)(F)F)c1)NOCc1ccccc1. The second kappa shape index (κ2) is 8.93. The largest absolute Gasteiger partial charge is 0.492 e. The molecular weight excluding hydrogens is 337 g/mol. The molecule has 25 heavy (non-hydrogen) atoms. The second-order valence-electron chi connectivity index (χ2n) is 5.01. The molecule has 8 heteroatoms. The van der Waals surface area contributed by atoms with E-state index in [1.807, 2.05) is 30.3 Å². The van der Waals surface area contributed by atoms with Crippen LogP contribution in [0.2, 0.25) is 0 Å². The highest BCUT2D eigenvalue weighted by atomic mass is 19.4. The van der Waals surface area contributed by atoms with Gasteiger partial charge in [0.1, 0.15) is 12.4 Å². The monoisotopic (exact) mass is 354 g/mol. The number of amides is 2. The molecule has 2 aromatic carbocycles. The Bertz CT molecular complexity index is 678. The van der Waals surface area contributed by atoms with E-state index >= 15 is 0 Å². The Labute approximate surface area is 142 Å². The van der Waals surface area contributed by atoms with Gasteiger partial charge in [0.25, 0.3) is 0 Å². The fourth-order valence-electron chi connectivity index (χ4n) is 1.89. The highest BCUT2D eigenvalue weighted by molar-refractivity contribution is 5.72. The van der Waals surface area contributed by atoms with Crippen LogP contribution in [0, 0.1) is 0 Å². The molecule has 0 heterocycles. The lowest BCUT2D eigenvalue weighted by Gasteiger charge is -2.11. The van der Waals surface area contributed by atoms with Gasteiger partial charge in [-0.25, -0.2) is 10.3 Å². The molecule has 0 atom stereocenters. The second-order valence-corrected chi connectivity index (χ2v) is 5.01. The summed E-state index contributed by atoms with van der Waals surface area (Å²) in [6.07, 6.45) is -4.42. The summed E-state index contributed by atoms with van der Waals surface area (Å²) in [6, 6.07) is 13.2. The number of hydroxylamine groups is 1. The Morgan fingerprint density at radius 2 is 1.80 bits per heavy atom. The predicted octanol–water partition coefficient (Wildman–Crippen LogP) is 3.52. The molecule has 0 spiro atoms. The van der Waals surface area contributed by atoms with E-state index in [1.54, 1.807) is 0 Å². The lowest BCUT2D eigenvalue weighted by atomic mass is 10.2. The zero-order chi connectivity index (χ0) is 18.1. The summed E-state index contributed by atoms with van der Waals surface area (Å²) in [7, 11) is 0. The van der Waals surface area contributed by atoms with Crippen molar-refractivity contribution in [1.29, 1.82) is 0 Å². The Morgan fingerprint density at radius 3 is 2.52 bits per heavy atom. The number of urea groups is 1. The first kappa shape index (κ1) is 18.6. The average molecular weight is 354 g/mol. The molecule has 0 aliphatic rings. The summed E-state index contributed by atoms with van der Waals surface area (Å²) in [5.74, 6) is 0.0809. The zero-order valence-corrected chi connectivity index (χ0v) is 13.2. The average Bonchev–Trinajstić information content (AvgIpc) is 2.59. The molecule has 2 amide bonds. The minimum Gasteiger partial charge on any atom is -0.492 e. The number of nitrogens with one attached hydrogen (secondary N) is 2. The van der Waals surface area contributed by atoms with Gasteiger partial charge in [-0.3, -0.25) is 4.84 Å². The van der Waals surface area contributed by atoms with Gasteiger partial charge in [-0.1, -0.05) is 36.4 Å². The summed E-state index contributed by atoms with van der Waals surface area (Å²) >= 11 is 0. The summed E-state index contributed by atoms with van der Waals surface area (Å²) in [4.78, 5) is 16.5. The fraction of sp³-hybridized carbons (Fsp3) is 0.235.